The average Bonchev–Trinajstić information content (AvgIpc) is 2.55. The second kappa shape index (κ2) is 8.68. The molecule has 0 spiro atoms. The number of rotatable bonds is 5. The van der Waals surface area contributed by atoms with Crippen molar-refractivity contribution in [2.24, 2.45) is 11.8 Å². The van der Waals surface area contributed by atoms with Crippen molar-refractivity contribution in [1.82, 2.24) is 5.32 Å². The van der Waals surface area contributed by atoms with Crippen molar-refractivity contribution in [2.45, 2.75) is 39.3 Å². The number of nitrogens with one attached hydrogen (secondary N) is 1. The Morgan fingerprint density at radius 2 is 2.00 bits per heavy atom. The summed E-state index contributed by atoms with van der Waals surface area (Å²) < 4.78 is 5.64. The fourth-order valence-corrected chi connectivity index (χ4v) is 2.68. The van der Waals surface area contributed by atoms with Gasteiger partial charge in [0.2, 0.25) is 0 Å². The lowest BCUT2D eigenvalue weighted by Gasteiger charge is -2.35. The number of esters is 1. The highest BCUT2D eigenvalue weighted by Crippen LogP contribution is 2.22. The van der Waals surface area contributed by atoms with E-state index in [2.05, 4.69) is 42.6 Å². The molecule has 1 aromatic carbocycles. The van der Waals surface area contributed by atoms with Crippen molar-refractivity contribution in [2.75, 3.05) is 6.54 Å². The summed E-state index contributed by atoms with van der Waals surface area (Å²) in [5, 5.41) is 3.49. The Morgan fingerprint density at radius 1 is 1.26 bits per heavy atom. The van der Waals surface area contributed by atoms with E-state index in [-0.39, 0.29) is 30.0 Å². The quantitative estimate of drug-likeness (QED) is 0.663. The van der Waals surface area contributed by atoms with Crippen molar-refractivity contribution >= 4 is 12.0 Å². The summed E-state index contributed by atoms with van der Waals surface area (Å²) in [5.41, 5.74) is 1.19. The van der Waals surface area contributed by atoms with Crippen molar-refractivity contribution in [3.63, 3.8) is 0 Å². The highest BCUT2D eigenvalue weighted by atomic mass is 16.5. The largest absolute Gasteiger partial charge is 0.462 e. The van der Waals surface area contributed by atoms with Gasteiger partial charge in [0, 0.05) is 12.0 Å². The van der Waals surface area contributed by atoms with Crippen molar-refractivity contribution in [1.29, 1.82) is 0 Å². The van der Waals surface area contributed by atoms with Crippen LogP contribution >= 0.6 is 0 Å². The SMILES string of the molecule is CC(C)C(=O)O[C@@H]1CCN[C@@H](/C=C/C=C/c2ccccc2)[C@@H]1C. The Hall–Kier alpha value is -1.87. The molecule has 23 heavy (non-hydrogen) atoms. The predicted octanol–water partition coefficient (Wildman–Crippen LogP) is 3.82. The van der Waals surface area contributed by atoms with Crippen LogP contribution in [0.15, 0.2) is 48.6 Å². The van der Waals surface area contributed by atoms with E-state index in [1.165, 1.54) is 5.56 Å². The van der Waals surface area contributed by atoms with E-state index in [1.54, 1.807) is 0 Å². The second-order valence-corrected chi connectivity index (χ2v) is 6.41. The third-order valence-corrected chi connectivity index (χ3v) is 4.22. The van der Waals surface area contributed by atoms with Gasteiger partial charge >= 0.3 is 5.97 Å². The van der Waals surface area contributed by atoms with E-state index in [0.29, 0.717) is 0 Å². The van der Waals surface area contributed by atoms with Crippen LogP contribution in [-0.4, -0.2) is 24.7 Å². The molecule has 1 fully saturated rings. The third-order valence-electron chi connectivity index (χ3n) is 4.22. The van der Waals surface area contributed by atoms with E-state index >= 15 is 0 Å². The number of carbonyl (C=O) groups is 1. The van der Waals surface area contributed by atoms with Gasteiger partial charge in [0.1, 0.15) is 6.10 Å². The molecule has 3 nitrogen and oxygen atoms in total. The van der Waals surface area contributed by atoms with Crippen LogP contribution in [0.1, 0.15) is 32.8 Å². The summed E-state index contributed by atoms with van der Waals surface area (Å²) in [4.78, 5) is 11.8. The highest BCUT2D eigenvalue weighted by Gasteiger charge is 2.31. The minimum atomic E-state index is -0.101. The summed E-state index contributed by atoms with van der Waals surface area (Å²) in [6.07, 6.45) is 9.23. The summed E-state index contributed by atoms with van der Waals surface area (Å²) in [6, 6.07) is 10.5. The Kier molecular flexibility index (Phi) is 6.60. The average molecular weight is 313 g/mol. The summed E-state index contributed by atoms with van der Waals surface area (Å²) >= 11 is 0. The van der Waals surface area contributed by atoms with Crippen LogP contribution in [0, 0.1) is 11.8 Å². The number of hydrogen-bond acceptors (Lipinski definition) is 3. The highest BCUT2D eigenvalue weighted by molar-refractivity contribution is 5.71. The molecule has 0 aromatic heterocycles. The lowest BCUT2D eigenvalue weighted by atomic mass is 9.89. The number of allylic oxidation sites excluding steroid dienone is 2. The van der Waals surface area contributed by atoms with Crippen LogP contribution in [-0.2, 0) is 9.53 Å². The van der Waals surface area contributed by atoms with Crippen molar-refractivity contribution in [3.8, 4) is 0 Å². The molecular formula is C20H27NO2. The number of carbonyl (C=O) groups excluding carboxylic acids is 1. The third kappa shape index (κ3) is 5.36. The zero-order valence-electron chi connectivity index (χ0n) is 14.2. The Balaban J connectivity index is 1.90. The first-order chi connectivity index (χ1) is 11.1. The molecule has 0 saturated carbocycles. The zero-order valence-corrected chi connectivity index (χ0v) is 14.2. The van der Waals surface area contributed by atoms with Gasteiger partial charge in [0.25, 0.3) is 0 Å². The molecule has 0 radical (unpaired) electrons. The first kappa shape index (κ1) is 17.5. The molecule has 2 rings (SSSR count). The smallest absolute Gasteiger partial charge is 0.308 e. The first-order valence-corrected chi connectivity index (χ1v) is 8.41. The van der Waals surface area contributed by atoms with Gasteiger partial charge in [-0.3, -0.25) is 4.79 Å². The van der Waals surface area contributed by atoms with Crippen LogP contribution in [0.4, 0.5) is 0 Å². The molecule has 0 unspecified atom stereocenters. The minimum Gasteiger partial charge on any atom is -0.462 e. The molecule has 1 aliphatic heterocycles. The van der Waals surface area contributed by atoms with Gasteiger partial charge in [-0.15, -0.1) is 0 Å². The fourth-order valence-electron chi connectivity index (χ4n) is 2.68. The minimum absolute atomic E-state index is 0.00102. The number of ether oxygens (including phenoxy) is 1. The molecule has 1 heterocycles. The topological polar surface area (TPSA) is 38.3 Å². The molecule has 1 N–H and O–H groups in total. The molecule has 3 heteroatoms. The molecule has 3 atom stereocenters. The van der Waals surface area contributed by atoms with Gasteiger partial charge in [0.15, 0.2) is 0 Å². The van der Waals surface area contributed by atoms with Gasteiger partial charge in [-0.05, 0) is 18.5 Å². The lowest BCUT2D eigenvalue weighted by Crippen LogP contribution is -2.48. The Bertz CT molecular complexity index is 548. The van der Waals surface area contributed by atoms with Crippen LogP contribution < -0.4 is 5.32 Å². The molecule has 1 saturated heterocycles. The number of hydrogen-bond donors (Lipinski definition) is 1. The van der Waals surface area contributed by atoms with E-state index in [9.17, 15) is 4.79 Å². The second-order valence-electron chi connectivity index (χ2n) is 6.41. The fraction of sp³-hybridized carbons (Fsp3) is 0.450. The lowest BCUT2D eigenvalue weighted by molar-refractivity contribution is -0.157. The maximum absolute atomic E-state index is 11.8. The van der Waals surface area contributed by atoms with Crippen molar-refractivity contribution in [3.05, 3.63) is 54.1 Å². The van der Waals surface area contributed by atoms with Crippen molar-refractivity contribution < 1.29 is 9.53 Å². The molecular weight excluding hydrogens is 286 g/mol. The summed E-state index contributed by atoms with van der Waals surface area (Å²) in [6.45, 7) is 6.76. The molecule has 0 amide bonds. The molecule has 1 aromatic rings. The summed E-state index contributed by atoms with van der Waals surface area (Å²) in [5.74, 6) is 0.100. The molecule has 0 bridgehead atoms. The normalized spacial score (nSPS) is 25.3. The summed E-state index contributed by atoms with van der Waals surface area (Å²) in [7, 11) is 0. The van der Waals surface area contributed by atoms with Gasteiger partial charge in [-0.1, -0.05) is 75.4 Å². The standard InChI is InChI=1S/C20H27NO2/c1-15(2)20(22)23-19-13-14-21-18(16(19)3)12-8-7-11-17-9-5-4-6-10-17/h4-12,15-16,18-19,21H,13-14H2,1-3H3/b11-7+,12-8+/t16-,18-,19+/m0/s1. The van der Waals surface area contributed by atoms with Gasteiger partial charge in [-0.2, -0.15) is 0 Å². The molecule has 0 aliphatic carbocycles. The maximum atomic E-state index is 11.8. The van der Waals surface area contributed by atoms with E-state index < -0.39 is 0 Å². The predicted molar refractivity (Wildman–Crippen MR) is 94.9 cm³/mol. The van der Waals surface area contributed by atoms with Crippen LogP contribution in [0.3, 0.4) is 0 Å². The first-order valence-electron chi connectivity index (χ1n) is 8.41. The van der Waals surface area contributed by atoms with Gasteiger partial charge < -0.3 is 10.1 Å². The zero-order chi connectivity index (χ0) is 16.7. The van der Waals surface area contributed by atoms with Crippen LogP contribution in [0.2, 0.25) is 0 Å². The van der Waals surface area contributed by atoms with E-state index in [0.717, 1.165) is 13.0 Å². The van der Waals surface area contributed by atoms with Gasteiger partial charge in [0.05, 0.1) is 5.92 Å². The van der Waals surface area contributed by atoms with Gasteiger partial charge in [-0.25, -0.2) is 0 Å². The number of benzene rings is 1. The van der Waals surface area contributed by atoms with E-state index in [1.807, 2.05) is 38.1 Å². The van der Waals surface area contributed by atoms with Crippen LogP contribution in [0.5, 0.6) is 0 Å². The Labute approximate surface area is 139 Å². The number of piperidine rings is 1. The Morgan fingerprint density at radius 3 is 2.70 bits per heavy atom. The van der Waals surface area contributed by atoms with E-state index in [4.69, 9.17) is 4.74 Å². The monoisotopic (exact) mass is 313 g/mol. The van der Waals surface area contributed by atoms with Crippen LogP contribution in [0.25, 0.3) is 6.08 Å². The molecule has 124 valence electrons. The molecule has 1 aliphatic rings. The maximum Gasteiger partial charge on any atom is 0.308 e.